The first-order valence-corrected chi connectivity index (χ1v) is 12.8. The number of carbonyl (C=O) groups is 1. The van der Waals surface area contributed by atoms with Crippen molar-refractivity contribution >= 4 is 32.5 Å². The quantitative estimate of drug-likeness (QED) is 0.477. The van der Waals surface area contributed by atoms with Crippen molar-refractivity contribution in [2.24, 2.45) is 14.1 Å². The molecule has 0 spiro atoms. The van der Waals surface area contributed by atoms with Crippen molar-refractivity contribution in [1.29, 1.82) is 0 Å². The van der Waals surface area contributed by atoms with E-state index in [4.69, 9.17) is 4.98 Å². The molecule has 1 aliphatic heterocycles. The number of rotatable bonds is 4. The average molecular weight is 480 g/mol. The Balaban J connectivity index is 1.66. The molecule has 0 aromatic carbocycles. The normalized spacial score (nSPS) is 16.1. The van der Waals surface area contributed by atoms with Gasteiger partial charge in [0.25, 0.3) is 0 Å². The third-order valence-electron chi connectivity index (χ3n) is 6.19. The lowest BCUT2D eigenvalue weighted by Gasteiger charge is -2.23. The van der Waals surface area contributed by atoms with E-state index in [0.717, 1.165) is 27.7 Å². The zero-order valence-electron chi connectivity index (χ0n) is 19.2. The van der Waals surface area contributed by atoms with E-state index in [1.807, 2.05) is 36.0 Å². The van der Waals surface area contributed by atoms with Gasteiger partial charge in [0.2, 0.25) is 5.91 Å². The van der Waals surface area contributed by atoms with E-state index in [1.54, 1.807) is 19.4 Å². The first-order chi connectivity index (χ1) is 16.2. The number of sulfone groups is 1. The number of anilines is 1. The van der Waals surface area contributed by atoms with Crippen molar-refractivity contribution in [3.8, 4) is 22.6 Å². The second-order valence-corrected chi connectivity index (χ2v) is 11.0. The summed E-state index contributed by atoms with van der Waals surface area (Å²) >= 11 is 0. The Morgan fingerprint density at radius 2 is 1.79 bits per heavy atom. The summed E-state index contributed by atoms with van der Waals surface area (Å²) in [4.78, 5) is 22.3. The number of fused-ring (bicyclic) bond motifs is 1. The Bertz CT molecular complexity index is 1510. The van der Waals surface area contributed by atoms with E-state index >= 15 is 0 Å². The van der Waals surface area contributed by atoms with Crippen LogP contribution in [0.3, 0.4) is 0 Å². The van der Waals surface area contributed by atoms with Crippen LogP contribution < -0.4 is 5.32 Å². The number of hydrogen-bond donors (Lipinski definition) is 1. The molecule has 0 saturated carbocycles. The zero-order chi connectivity index (χ0) is 24.0. The first kappa shape index (κ1) is 22.2. The highest BCUT2D eigenvalue weighted by Crippen LogP contribution is 2.36. The number of nitrogens with one attached hydrogen (secondary N) is 1. The standard InChI is InChI=1S/C23H25N7O3S/c1-14(31)26-23-10-17-18(13-29(2)22(17)12-24-23)19-8-16(15-4-6-34(32,33)7-5-15)9-20(27-19)21-11-25-30(3)28-21/h8-13,15H,4-7H2,1-3H3,(H,24,26,31). The lowest BCUT2D eigenvalue weighted by molar-refractivity contribution is -0.114. The van der Waals surface area contributed by atoms with Gasteiger partial charge >= 0.3 is 0 Å². The molecule has 0 aliphatic carbocycles. The molecular formula is C23H25N7O3S. The van der Waals surface area contributed by atoms with E-state index in [0.29, 0.717) is 30.0 Å². The molecule has 4 aromatic heterocycles. The summed E-state index contributed by atoms with van der Waals surface area (Å²) in [6, 6.07) is 5.87. The van der Waals surface area contributed by atoms with Crippen LogP contribution in [0.4, 0.5) is 5.82 Å². The van der Waals surface area contributed by atoms with Gasteiger partial charge in [0.1, 0.15) is 21.3 Å². The number of aryl methyl sites for hydroxylation is 2. The summed E-state index contributed by atoms with van der Waals surface area (Å²) in [6.07, 6.45) is 6.55. The number of amides is 1. The predicted octanol–water partition coefficient (Wildman–Crippen LogP) is 2.68. The number of carbonyl (C=O) groups excluding carboxylic acids is 1. The molecule has 5 rings (SSSR count). The second kappa shape index (κ2) is 8.32. The van der Waals surface area contributed by atoms with Crippen LogP contribution in [0.1, 0.15) is 31.2 Å². The predicted molar refractivity (Wildman–Crippen MR) is 129 cm³/mol. The lowest BCUT2D eigenvalue weighted by Crippen LogP contribution is -2.22. The monoisotopic (exact) mass is 479 g/mol. The van der Waals surface area contributed by atoms with Crippen molar-refractivity contribution < 1.29 is 13.2 Å². The van der Waals surface area contributed by atoms with E-state index in [2.05, 4.69) is 20.5 Å². The maximum absolute atomic E-state index is 12.0. The summed E-state index contributed by atoms with van der Waals surface area (Å²) in [5, 5.41) is 12.3. The van der Waals surface area contributed by atoms with Crippen LogP contribution >= 0.6 is 0 Å². The van der Waals surface area contributed by atoms with Crippen LogP contribution in [-0.4, -0.2) is 55.4 Å². The van der Waals surface area contributed by atoms with E-state index in [9.17, 15) is 13.2 Å². The van der Waals surface area contributed by atoms with Gasteiger partial charge in [-0.05, 0) is 42.5 Å². The zero-order valence-corrected chi connectivity index (χ0v) is 20.0. The van der Waals surface area contributed by atoms with Gasteiger partial charge in [0.15, 0.2) is 0 Å². The Morgan fingerprint density at radius 1 is 1.06 bits per heavy atom. The van der Waals surface area contributed by atoms with Crippen molar-refractivity contribution in [2.75, 3.05) is 16.8 Å². The fraction of sp³-hybridized carbons (Fsp3) is 0.348. The summed E-state index contributed by atoms with van der Waals surface area (Å²) < 4.78 is 26.0. The van der Waals surface area contributed by atoms with Crippen LogP contribution in [0, 0.1) is 0 Å². The molecule has 0 bridgehead atoms. The smallest absolute Gasteiger partial charge is 0.222 e. The summed E-state index contributed by atoms with van der Waals surface area (Å²) in [7, 11) is 0.716. The molecule has 0 radical (unpaired) electrons. The lowest BCUT2D eigenvalue weighted by atomic mass is 9.92. The number of pyridine rings is 2. The molecule has 1 amide bonds. The largest absolute Gasteiger partial charge is 0.349 e. The summed E-state index contributed by atoms with van der Waals surface area (Å²) in [6.45, 7) is 1.44. The maximum Gasteiger partial charge on any atom is 0.222 e. The van der Waals surface area contributed by atoms with Gasteiger partial charge in [0.05, 0.1) is 40.8 Å². The Hall–Kier alpha value is -3.60. The summed E-state index contributed by atoms with van der Waals surface area (Å²) in [5.74, 6) is 0.773. The van der Waals surface area contributed by atoms with Gasteiger partial charge in [-0.15, -0.1) is 0 Å². The molecule has 0 atom stereocenters. The fourth-order valence-electron chi connectivity index (χ4n) is 4.47. The van der Waals surface area contributed by atoms with Crippen molar-refractivity contribution in [3.05, 3.63) is 42.4 Å². The Labute approximate surface area is 196 Å². The molecule has 11 heteroatoms. The molecule has 5 heterocycles. The molecule has 1 saturated heterocycles. The highest BCUT2D eigenvalue weighted by Gasteiger charge is 2.26. The van der Waals surface area contributed by atoms with Gasteiger partial charge in [-0.3, -0.25) is 4.79 Å². The molecule has 34 heavy (non-hydrogen) atoms. The fourth-order valence-corrected chi connectivity index (χ4v) is 5.97. The third kappa shape index (κ3) is 4.30. The minimum absolute atomic E-state index is 0.118. The number of nitrogens with zero attached hydrogens (tertiary/aromatic N) is 6. The van der Waals surface area contributed by atoms with E-state index < -0.39 is 9.84 Å². The minimum Gasteiger partial charge on any atom is -0.349 e. The maximum atomic E-state index is 12.0. The molecular weight excluding hydrogens is 454 g/mol. The molecule has 0 unspecified atom stereocenters. The summed E-state index contributed by atoms with van der Waals surface area (Å²) in [5.41, 5.74) is 4.91. The third-order valence-corrected chi connectivity index (χ3v) is 7.91. The van der Waals surface area contributed by atoms with Crippen LogP contribution in [0.25, 0.3) is 33.5 Å². The van der Waals surface area contributed by atoms with Crippen LogP contribution in [-0.2, 0) is 28.7 Å². The molecule has 1 fully saturated rings. The number of aromatic nitrogens is 6. The Kier molecular flexibility index (Phi) is 5.43. The van der Waals surface area contributed by atoms with Crippen molar-refractivity contribution in [2.45, 2.75) is 25.7 Å². The van der Waals surface area contributed by atoms with Gasteiger partial charge < -0.3 is 9.88 Å². The second-order valence-electron chi connectivity index (χ2n) is 8.74. The molecule has 1 aliphatic rings. The van der Waals surface area contributed by atoms with Gasteiger partial charge in [0, 0.05) is 38.2 Å². The molecule has 176 valence electrons. The van der Waals surface area contributed by atoms with Crippen LogP contribution in [0.15, 0.2) is 36.8 Å². The highest BCUT2D eigenvalue weighted by atomic mass is 32.2. The Morgan fingerprint density at radius 3 is 2.47 bits per heavy atom. The van der Waals surface area contributed by atoms with E-state index in [1.165, 1.54) is 11.7 Å². The average Bonchev–Trinajstić information content (AvgIpc) is 3.36. The minimum atomic E-state index is -2.97. The van der Waals surface area contributed by atoms with E-state index in [-0.39, 0.29) is 23.3 Å². The molecule has 10 nitrogen and oxygen atoms in total. The SMILES string of the molecule is CC(=O)Nc1cc2c(-c3cc(C4CCS(=O)(=O)CC4)cc(-c4cnn(C)n4)n3)cn(C)c2cn1. The van der Waals surface area contributed by atoms with Gasteiger partial charge in [-0.25, -0.2) is 18.4 Å². The molecule has 1 N–H and O–H groups in total. The van der Waals surface area contributed by atoms with Crippen LogP contribution in [0.2, 0.25) is 0 Å². The van der Waals surface area contributed by atoms with Crippen LogP contribution in [0.5, 0.6) is 0 Å². The van der Waals surface area contributed by atoms with Gasteiger partial charge in [-0.2, -0.15) is 15.0 Å². The number of hydrogen-bond acceptors (Lipinski definition) is 7. The van der Waals surface area contributed by atoms with Crippen molar-refractivity contribution in [1.82, 2.24) is 29.5 Å². The van der Waals surface area contributed by atoms with Gasteiger partial charge in [-0.1, -0.05) is 0 Å². The molecule has 4 aromatic rings. The highest BCUT2D eigenvalue weighted by molar-refractivity contribution is 7.91. The van der Waals surface area contributed by atoms with Crippen molar-refractivity contribution in [3.63, 3.8) is 0 Å². The first-order valence-electron chi connectivity index (χ1n) is 11.0. The topological polar surface area (TPSA) is 125 Å².